The molecule has 1 unspecified atom stereocenters. The van der Waals surface area contributed by atoms with Crippen LogP contribution in [0.1, 0.15) is 31.4 Å². The van der Waals surface area contributed by atoms with E-state index in [-0.39, 0.29) is 17.6 Å². The number of piperidine rings is 1. The number of aromatic hydroxyl groups is 1. The van der Waals surface area contributed by atoms with Crippen LogP contribution in [0.25, 0.3) is 22.3 Å². The minimum Gasteiger partial charge on any atom is -0.507 e. The highest BCUT2D eigenvalue weighted by Gasteiger charge is 2.36. The van der Waals surface area contributed by atoms with Crippen LogP contribution in [0.5, 0.6) is 5.75 Å². The Morgan fingerprint density at radius 3 is 2.81 bits per heavy atom. The van der Waals surface area contributed by atoms with Gasteiger partial charge in [0.25, 0.3) is 0 Å². The molecule has 0 bridgehead atoms. The van der Waals surface area contributed by atoms with Crippen LogP contribution < -0.4 is 4.90 Å². The van der Waals surface area contributed by atoms with Crippen molar-refractivity contribution in [2.45, 2.75) is 25.7 Å². The first-order valence-electron chi connectivity index (χ1n) is 10.9. The zero-order valence-electron chi connectivity index (χ0n) is 17.7. The van der Waals surface area contributed by atoms with E-state index in [2.05, 4.69) is 33.6 Å². The molecule has 160 valence electrons. The average Bonchev–Trinajstić information content (AvgIpc) is 3.11. The molecule has 1 amide bonds. The van der Waals surface area contributed by atoms with Gasteiger partial charge in [0, 0.05) is 48.7 Å². The monoisotopic (exact) mass is 417 g/mol. The number of aromatic nitrogens is 3. The van der Waals surface area contributed by atoms with Crippen molar-refractivity contribution in [2.75, 3.05) is 31.1 Å². The van der Waals surface area contributed by atoms with Gasteiger partial charge >= 0.3 is 0 Å². The molecule has 0 radical (unpaired) electrons. The van der Waals surface area contributed by atoms with E-state index >= 15 is 0 Å². The van der Waals surface area contributed by atoms with Gasteiger partial charge in [-0.1, -0.05) is 25.6 Å². The highest BCUT2D eigenvalue weighted by molar-refractivity contribution is 5.95. The lowest BCUT2D eigenvalue weighted by molar-refractivity contribution is -0.130. The summed E-state index contributed by atoms with van der Waals surface area (Å²) in [5, 5.41) is 20.2. The van der Waals surface area contributed by atoms with Gasteiger partial charge in [0.1, 0.15) is 5.75 Å². The third-order valence-electron chi connectivity index (χ3n) is 6.49. The van der Waals surface area contributed by atoms with Crippen LogP contribution in [0.15, 0.2) is 43.0 Å². The Morgan fingerprint density at radius 1 is 1.26 bits per heavy atom. The van der Waals surface area contributed by atoms with E-state index in [9.17, 15) is 9.90 Å². The molecule has 1 atom stereocenters. The summed E-state index contributed by atoms with van der Waals surface area (Å²) in [4.78, 5) is 19.7. The predicted octanol–water partition coefficient (Wildman–Crippen LogP) is 3.68. The van der Waals surface area contributed by atoms with Gasteiger partial charge in [-0.05, 0) is 43.0 Å². The minimum absolute atomic E-state index is 0.0258. The van der Waals surface area contributed by atoms with E-state index in [4.69, 9.17) is 0 Å². The number of H-pyrrole nitrogens is 1. The summed E-state index contributed by atoms with van der Waals surface area (Å²) in [6, 6.07) is 9.23. The SMILES string of the molecule is C=CC(=O)N1CC(c2[nH]c3nnc(-c4ccccc4O)cc3c2N2CCCC(C)C2)C1. The van der Waals surface area contributed by atoms with Crippen molar-refractivity contribution in [1.29, 1.82) is 0 Å². The van der Waals surface area contributed by atoms with Crippen molar-refractivity contribution in [3.63, 3.8) is 0 Å². The van der Waals surface area contributed by atoms with Gasteiger partial charge in [0.05, 0.1) is 11.4 Å². The minimum atomic E-state index is -0.0258. The predicted molar refractivity (Wildman–Crippen MR) is 121 cm³/mol. The van der Waals surface area contributed by atoms with Crippen molar-refractivity contribution < 1.29 is 9.90 Å². The molecule has 5 rings (SSSR count). The summed E-state index contributed by atoms with van der Waals surface area (Å²) < 4.78 is 0. The molecule has 3 aromatic rings. The molecule has 2 aromatic heterocycles. The summed E-state index contributed by atoms with van der Waals surface area (Å²) in [6.45, 7) is 9.23. The fourth-order valence-corrected chi connectivity index (χ4v) is 4.82. The summed E-state index contributed by atoms with van der Waals surface area (Å²) >= 11 is 0. The van der Waals surface area contributed by atoms with Gasteiger partial charge in [-0.2, -0.15) is 0 Å². The van der Waals surface area contributed by atoms with E-state index in [0.29, 0.717) is 30.3 Å². The Balaban J connectivity index is 1.59. The molecule has 31 heavy (non-hydrogen) atoms. The van der Waals surface area contributed by atoms with Crippen molar-refractivity contribution in [3.8, 4) is 17.0 Å². The summed E-state index contributed by atoms with van der Waals surface area (Å²) in [7, 11) is 0. The second-order valence-corrected chi connectivity index (χ2v) is 8.73. The van der Waals surface area contributed by atoms with Gasteiger partial charge in [0.2, 0.25) is 5.91 Å². The highest BCUT2D eigenvalue weighted by Crippen LogP contribution is 2.41. The Kier molecular flexibility index (Phi) is 4.88. The van der Waals surface area contributed by atoms with Crippen LogP contribution in [0, 0.1) is 5.92 Å². The molecule has 0 aliphatic carbocycles. The van der Waals surface area contributed by atoms with Gasteiger partial charge in [0.15, 0.2) is 5.65 Å². The Hall–Kier alpha value is -3.35. The number of aromatic amines is 1. The molecular weight excluding hydrogens is 390 g/mol. The van der Waals surface area contributed by atoms with Crippen LogP contribution in [0.3, 0.4) is 0 Å². The van der Waals surface area contributed by atoms with Crippen LogP contribution in [-0.4, -0.2) is 57.3 Å². The first-order valence-corrected chi connectivity index (χ1v) is 10.9. The molecule has 2 aliphatic rings. The van der Waals surface area contributed by atoms with E-state index in [1.807, 2.05) is 23.1 Å². The van der Waals surface area contributed by atoms with Crippen molar-refractivity contribution in [3.05, 3.63) is 48.7 Å². The summed E-state index contributed by atoms with van der Waals surface area (Å²) in [5.74, 6) is 1.03. The smallest absolute Gasteiger partial charge is 0.245 e. The maximum atomic E-state index is 11.9. The van der Waals surface area contributed by atoms with Crippen LogP contribution >= 0.6 is 0 Å². The Bertz CT molecular complexity index is 1150. The molecule has 4 heterocycles. The third kappa shape index (κ3) is 3.44. The zero-order chi connectivity index (χ0) is 21.5. The number of nitrogens with one attached hydrogen (secondary N) is 1. The number of phenolic OH excluding ortho intramolecular Hbond substituents is 1. The van der Waals surface area contributed by atoms with E-state index in [1.165, 1.54) is 18.2 Å². The first-order chi connectivity index (χ1) is 15.0. The number of fused-ring (bicyclic) bond motifs is 1. The summed E-state index contributed by atoms with van der Waals surface area (Å²) in [5.41, 5.74) is 4.37. The maximum absolute atomic E-state index is 11.9. The molecule has 2 N–H and O–H groups in total. The number of amides is 1. The lowest BCUT2D eigenvalue weighted by atomic mass is 9.93. The summed E-state index contributed by atoms with van der Waals surface area (Å²) in [6.07, 6.45) is 3.77. The van der Waals surface area contributed by atoms with E-state index < -0.39 is 0 Å². The topological polar surface area (TPSA) is 85.3 Å². The fraction of sp³-hybridized carbons (Fsp3) is 0.375. The number of carbonyl (C=O) groups excluding carboxylic acids is 1. The van der Waals surface area contributed by atoms with Gasteiger partial charge in [-0.25, -0.2) is 0 Å². The number of likely N-dealkylation sites (tertiary alicyclic amines) is 1. The Labute approximate surface area is 181 Å². The molecule has 2 fully saturated rings. The van der Waals surface area contributed by atoms with Crippen LogP contribution in [-0.2, 0) is 4.79 Å². The Morgan fingerprint density at radius 2 is 2.06 bits per heavy atom. The van der Waals surface area contributed by atoms with Crippen molar-refractivity contribution >= 4 is 22.6 Å². The second kappa shape index (κ2) is 7.72. The average molecular weight is 418 g/mol. The van der Waals surface area contributed by atoms with Crippen molar-refractivity contribution in [2.24, 2.45) is 5.92 Å². The van der Waals surface area contributed by atoms with Crippen LogP contribution in [0.4, 0.5) is 5.69 Å². The molecular formula is C24H27N5O2. The van der Waals surface area contributed by atoms with Crippen molar-refractivity contribution in [1.82, 2.24) is 20.1 Å². The number of anilines is 1. The first kappa shape index (κ1) is 19.6. The molecule has 0 saturated carbocycles. The second-order valence-electron chi connectivity index (χ2n) is 8.73. The molecule has 0 spiro atoms. The molecule has 7 nitrogen and oxygen atoms in total. The van der Waals surface area contributed by atoms with Gasteiger partial charge in [-0.3, -0.25) is 4.79 Å². The maximum Gasteiger partial charge on any atom is 0.245 e. The molecule has 1 aromatic carbocycles. The number of carbonyl (C=O) groups is 1. The third-order valence-corrected chi connectivity index (χ3v) is 6.49. The highest BCUT2D eigenvalue weighted by atomic mass is 16.3. The number of rotatable bonds is 4. The number of phenols is 1. The molecule has 2 aliphatic heterocycles. The normalized spacial score (nSPS) is 19.5. The number of benzene rings is 1. The standard InChI is InChI=1S/C24H27N5O2/c1-3-21(31)29-13-16(14-29)22-23(28-10-6-7-15(2)12-28)18-11-19(26-27-24(18)25-22)17-8-4-5-9-20(17)30/h3-5,8-9,11,15-16,30H,1,6-7,10,12-14H2,2H3,(H,25,27). The van der Waals surface area contributed by atoms with Gasteiger partial charge < -0.3 is 19.9 Å². The molecule has 7 heteroatoms. The van der Waals surface area contributed by atoms with Crippen LogP contribution in [0.2, 0.25) is 0 Å². The number of para-hydroxylation sites is 1. The number of hydrogen-bond acceptors (Lipinski definition) is 5. The van der Waals surface area contributed by atoms with E-state index in [0.717, 1.165) is 36.2 Å². The molecule has 2 saturated heterocycles. The lowest BCUT2D eigenvalue weighted by Crippen LogP contribution is -2.48. The fourth-order valence-electron chi connectivity index (χ4n) is 4.82. The van der Waals surface area contributed by atoms with E-state index in [1.54, 1.807) is 12.1 Å². The number of nitrogens with zero attached hydrogens (tertiary/aromatic N) is 4. The zero-order valence-corrected chi connectivity index (χ0v) is 17.7. The number of hydrogen-bond donors (Lipinski definition) is 2. The van der Waals surface area contributed by atoms with Gasteiger partial charge in [-0.15, -0.1) is 10.2 Å². The largest absolute Gasteiger partial charge is 0.507 e. The lowest BCUT2D eigenvalue weighted by Gasteiger charge is -2.40. The quantitative estimate of drug-likeness (QED) is 0.633.